The quantitative estimate of drug-likeness (QED) is 0.452. The summed E-state index contributed by atoms with van der Waals surface area (Å²) in [6.07, 6.45) is 12.5. The molecule has 0 saturated heterocycles. The van der Waals surface area contributed by atoms with Crippen LogP contribution in [0, 0.1) is 0 Å². The van der Waals surface area contributed by atoms with Crippen LogP contribution >= 0.6 is 0 Å². The van der Waals surface area contributed by atoms with Crippen LogP contribution in [0.4, 0.5) is 4.39 Å². The second-order valence-corrected chi connectivity index (χ2v) is 5.08. The van der Waals surface area contributed by atoms with Crippen molar-refractivity contribution in [1.82, 2.24) is 0 Å². The van der Waals surface area contributed by atoms with E-state index < -0.39 is 6.17 Å². The fourth-order valence-electron chi connectivity index (χ4n) is 2.12. The van der Waals surface area contributed by atoms with E-state index in [-0.39, 0.29) is 6.61 Å². The number of aliphatic hydroxyl groups excluding tert-OH is 1. The normalized spacial score (nSPS) is 12.9. The van der Waals surface area contributed by atoms with E-state index in [9.17, 15) is 4.39 Å². The SMILES string of the molecule is CCCCCCCCCC[C@@H](F)CCCCO. The minimum atomic E-state index is -0.637. The molecule has 0 aliphatic carbocycles. The van der Waals surface area contributed by atoms with E-state index >= 15 is 0 Å². The summed E-state index contributed by atoms with van der Waals surface area (Å²) in [5, 5.41) is 8.59. The zero-order valence-electron chi connectivity index (χ0n) is 11.6. The molecular weight excluding hydrogens is 215 g/mol. The van der Waals surface area contributed by atoms with Gasteiger partial charge in [-0.25, -0.2) is 4.39 Å². The van der Waals surface area contributed by atoms with Crippen LogP contribution in [0.15, 0.2) is 0 Å². The summed E-state index contributed by atoms with van der Waals surface area (Å²) in [6, 6.07) is 0. The summed E-state index contributed by atoms with van der Waals surface area (Å²) in [4.78, 5) is 0. The van der Waals surface area contributed by atoms with Crippen molar-refractivity contribution in [2.24, 2.45) is 0 Å². The topological polar surface area (TPSA) is 20.2 Å². The molecule has 1 N–H and O–H groups in total. The Labute approximate surface area is 107 Å². The van der Waals surface area contributed by atoms with Crippen molar-refractivity contribution < 1.29 is 9.50 Å². The number of hydrogen-bond donors (Lipinski definition) is 1. The molecule has 0 spiro atoms. The molecule has 0 saturated carbocycles. The maximum Gasteiger partial charge on any atom is 0.100 e. The van der Waals surface area contributed by atoms with Crippen molar-refractivity contribution >= 4 is 0 Å². The number of unbranched alkanes of at least 4 members (excludes halogenated alkanes) is 8. The van der Waals surface area contributed by atoms with Gasteiger partial charge in [-0.05, 0) is 25.7 Å². The fourth-order valence-corrected chi connectivity index (χ4v) is 2.12. The number of hydrogen-bond acceptors (Lipinski definition) is 1. The fraction of sp³-hybridized carbons (Fsp3) is 1.00. The molecular formula is C15H31FO. The number of rotatable bonds is 13. The molecule has 0 heterocycles. The zero-order valence-corrected chi connectivity index (χ0v) is 11.6. The van der Waals surface area contributed by atoms with E-state index in [2.05, 4.69) is 6.92 Å². The van der Waals surface area contributed by atoms with Crippen LogP contribution < -0.4 is 0 Å². The second kappa shape index (κ2) is 14.0. The van der Waals surface area contributed by atoms with Crippen LogP contribution in [-0.4, -0.2) is 17.9 Å². The molecule has 0 rings (SSSR count). The first-order valence-corrected chi connectivity index (χ1v) is 7.56. The molecule has 2 heteroatoms. The van der Waals surface area contributed by atoms with E-state index in [0.717, 1.165) is 25.7 Å². The summed E-state index contributed by atoms with van der Waals surface area (Å²) in [7, 11) is 0. The Hall–Kier alpha value is -0.110. The summed E-state index contributed by atoms with van der Waals surface area (Å²) in [5.74, 6) is 0. The molecule has 0 aromatic carbocycles. The van der Waals surface area contributed by atoms with E-state index in [0.29, 0.717) is 6.42 Å². The lowest BCUT2D eigenvalue weighted by atomic mass is 10.0. The average Bonchev–Trinajstić information content (AvgIpc) is 2.33. The summed E-state index contributed by atoms with van der Waals surface area (Å²) in [5.41, 5.74) is 0. The Morgan fingerprint density at radius 3 is 1.76 bits per heavy atom. The van der Waals surface area contributed by atoms with Crippen LogP contribution in [0.25, 0.3) is 0 Å². The first kappa shape index (κ1) is 16.9. The Bertz CT molecular complexity index is 139. The first-order valence-electron chi connectivity index (χ1n) is 7.56. The molecule has 0 aromatic rings. The lowest BCUT2D eigenvalue weighted by Gasteiger charge is -2.07. The lowest BCUT2D eigenvalue weighted by molar-refractivity contribution is 0.251. The third-order valence-electron chi connectivity index (χ3n) is 3.30. The van der Waals surface area contributed by atoms with Gasteiger partial charge in [0.2, 0.25) is 0 Å². The van der Waals surface area contributed by atoms with Crippen LogP contribution in [0.3, 0.4) is 0 Å². The van der Waals surface area contributed by atoms with Gasteiger partial charge in [-0.2, -0.15) is 0 Å². The molecule has 1 atom stereocenters. The third-order valence-corrected chi connectivity index (χ3v) is 3.30. The maximum atomic E-state index is 13.3. The number of aliphatic hydroxyl groups is 1. The van der Waals surface area contributed by atoms with Crippen molar-refractivity contribution in [1.29, 1.82) is 0 Å². The molecule has 0 aliphatic heterocycles. The molecule has 0 fully saturated rings. The van der Waals surface area contributed by atoms with E-state index in [1.165, 1.54) is 44.9 Å². The largest absolute Gasteiger partial charge is 0.396 e. The highest BCUT2D eigenvalue weighted by atomic mass is 19.1. The number of halogens is 1. The molecule has 0 radical (unpaired) electrons. The van der Waals surface area contributed by atoms with E-state index in [1.54, 1.807) is 0 Å². The van der Waals surface area contributed by atoms with Crippen molar-refractivity contribution in [2.75, 3.05) is 6.61 Å². The molecule has 0 aromatic heterocycles. The molecule has 0 unspecified atom stereocenters. The number of alkyl halides is 1. The van der Waals surface area contributed by atoms with E-state index in [4.69, 9.17) is 5.11 Å². The monoisotopic (exact) mass is 246 g/mol. The lowest BCUT2D eigenvalue weighted by Crippen LogP contribution is -2.00. The van der Waals surface area contributed by atoms with Gasteiger partial charge in [-0.3, -0.25) is 0 Å². The Balaban J connectivity index is 3.05. The minimum Gasteiger partial charge on any atom is -0.396 e. The minimum absolute atomic E-state index is 0.199. The van der Waals surface area contributed by atoms with Gasteiger partial charge < -0.3 is 5.11 Å². The Kier molecular flexibility index (Phi) is 13.9. The predicted molar refractivity (Wildman–Crippen MR) is 73.1 cm³/mol. The van der Waals surface area contributed by atoms with Gasteiger partial charge in [0.25, 0.3) is 0 Å². The molecule has 104 valence electrons. The van der Waals surface area contributed by atoms with Gasteiger partial charge in [0.15, 0.2) is 0 Å². The van der Waals surface area contributed by atoms with Crippen LogP contribution in [0.5, 0.6) is 0 Å². The van der Waals surface area contributed by atoms with Gasteiger partial charge in [0.05, 0.1) is 0 Å². The van der Waals surface area contributed by atoms with Gasteiger partial charge in [0.1, 0.15) is 6.17 Å². The molecule has 1 nitrogen and oxygen atoms in total. The highest BCUT2D eigenvalue weighted by Gasteiger charge is 2.05. The molecule has 0 bridgehead atoms. The highest BCUT2D eigenvalue weighted by Crippen LogP contribution is 2.15. The summed E-state index contributed by atoms with van der Waals surface area (Å²) >= 11 is 0. The maximum absolute atomic E-state index is 13.3. The van der Waals surface area contributed by atoms with Crippen molar-refractivity contribution in [3.63, 3.8) is 0 Å². The highest BCUT2D eigenvalue weighted by molar-refractivity contribution is 4.57. The third kappa shape index (κ3) is 13.8. The zero-order chi connectivity index (χ0) is 12.8. The standard InChI is InChI=1S/C15H31FO/c1-2-3-4-5-6-7-8-9-12-15(16)13-10-11-14-17/h15,17H,2-14H2,1H3/t15-/m1/s1. The van der Waals surface area contributed by atoms with Gasteiger partial charge >= 0.3 is 0 Å². The second-order valence-electron chi connectivity index (χ2n) is 5.08. The summed E-state index contributed by atoms with van der Waals surface area (Å²) < 4.78 is 13.3. The van der Waals surface area contributed by atoms with Gasteiger partial charge in [-0.15, -0.1) is 0 Å². The predicted octanol–water partition coefficient (Wildman–Crippen LogP) is 5.02. The Morgan fingerprint density at radius 2 is 1.24 bits per heavy atom. The van der Waals surface area contributed by atoms with Gasteiger partial charge in [-0.1, -0.05) is 58.3 Å². The van der Waals surface area contributed by atoms with Gasteiger partial charge in [0, 0.05) is 6.61 Å². The van der Waals surface area contributed by atoms with Crippen LogP contribution in [0.2, 0.25) is 0 Å². The molecule has 17 heavy (non-hydrogen) atoms. The van der Waals surface area contributed by atoms with Crippen molar-refractivity contribution in [3.8, 4) is 0 Å². The smallest absolute Gasteiger partial charge is 0.100 e. The average molecular weight is 246 g/mol. The summed E-state index contributed by atoms with van der Waals surface area (Å²) in [6.45, 7) is 2.43. The van der Waals surface area contributed by atoms with E-state index in [1.807, 2.05) is 0 Å². The van der Waals surface area contributed by atoms with Crippen molar-refractivity contribution in [2.45, 2.75) is 90.1 Å². The van der Waals surface area contributed by atoms with Crippen molar-refractivity contribution in [3.05, 3.63) is 0 Å². The molecule has 0 amide bonds. The Morgan fingerprint density at radius 1 is 0.765 bits per heavy atom. The first-order chi connectivity index (χ1) is 8.31. The molecule has 0 aliphatic rings. The van der Waals surface area contributed by atoms with Crippen LogP contribution in [-0.2, 0) is 0 Å². The van der Waals surface area contributed by atoms with Crippen LogP contribution in [0.1, 0.15) is 84.0 Å².